The van der Waals surface area contributed by atoms with Crippen molar-refractivity contribution in [3.63, 3.8) is 0 Å². The first-order valence-electron chi connectivity index (χ1n) is 3.57. The van der Waals surface area contributed by atoms with Crippen LogP contribution < -0.4 is 0 Å². The van der Waals surface area contributed by atoms with Gasteiger partial charge in [0.25, 0.3) is 0 Å². The smallest absolute Gasteiger partial charge is 0.123 e. The van der Waals surface area contributed by atoms with Crippen molar-refractivity contribution >= 4 is 11.3 Å². The molecule has 2 heteroatoms. The predicted molar refractivity (Wildman–Crippen MR) is 48.5 cm³/mol. The molecule has 0 spiro atoms. The molecule has 1 heterocycles. The molecule has 0 aliphatic carbocycles. The van der Waals surface area contributed by atoms with Crippen LogP contribution in [0.1, 0.15) is 0 Å². The highest BCUT2D eigenvalue weighted by Gasteiger charge is 1.97. The van der Waals surface area contributed by atoms with Crippen molar-refractivity contribution in [2.24, 2.45) is 0 Å². The van der Waals surface area contributed by atoms with Crippen LogP contribution in [0.5, 0.6) is 0 Å². The van der Waals surface area contributed by atoms with Gasteiger partial charge in [-0.05, 0) is 34.7 Å². The third kappa shape index (κ3) is 1.38. The average molecular weight is 177 g/mol. The Morgan fingerprint density at radius 3 is 2.83 bits per heavy atom. The highest BCUT2D eigenvalue weighted by atomic mass is 32.1. The van der Waals surface area contributed by atoms with Gasteiger partial charge in [-0.3, -0.25) is 0 Å². The van der Waals surface area contributed by atoms with Gasteiger partial charge in [0.1, 0.15) is 5.82 Å². The maximum absolute atomic E-state index is 12.8. The van der Waals surface area contributed by atoms with Crippen LogP contribution in [0, 0.1) is 11.2 Å². The molecule has 0 fully saturated rings. The molecule has 0 nitrogen and oxygen atoms in total. The Balaban J connectivity index is 2.48. The minimum absolute atomic E-state index is 0.196. The molecule has 0 aliphatic heterocycles. The quantitative estimate of drug-likeness (QED) is 0.626. The van der Waals surface area contributed by atoms with Gasteiger partial charge in [-0.25, -0.2) is 4.39 Å². The van der Waals surface area contributed by atoms with E-state index in [-0.39, 0.29) is 5.82 Å². The molecule has 59 valence electrons. The first-order valence-corrected chi connectivity index (χ1v) is 4.45. The summed E-state index contributed by atoms with van der Waals surface area (Å²) in [7, 11) is 0. The summed E-state index contributed by atoms with van der Waals surface area (Å²) < 4.78 is 12.8. The van der Waals surface area contributed by atoms with Gasteiger partial charge in [-0.2, -0.15) is 0 Å². The molecule has 0 bridgehead atoms. The second-order valence-electron chi connectivity index (χ2n) is 2.46. The molecule has 1 radical (unpaired) electrons. The first-order chi connectivity index (χ1) is 5.86. The molecule has 0 atom stereocenters. The average Bonchev–Trinajstić information content (AvgIpc) is 2.56. The van der Waals surface area contributed by atoms with Crippen molar-refractivity contribution in [3.8, 4) is 11.1 Å². The summed E-state index contributed by atoms with van der Waals surface area (Å²) in [5, 5.41) is 4.92. The Bertz CT molecular complexity index is 365. The molecule has 0 aliphatic rings. The number of thiophene rings is 1. The molecule has 0 saturated carbocycles. The Kier molecular flexibility index (Phi) is 1.92. The SMILES string of the molecule is Fc1cccc(-c2c[c]sc2)c1. The highest BCUT2D eigenvalue weighted by Crippen LogP contribution is 2.21. The summed E-state index contributed by atoms with van der Waals surface area (Å²) in [6, 6.07) is 8.43. The van der Waals surface area contributed by atoms with Crippen LogP contribution in [-0.2, 0) is 0 Å². The van der Waals surface area contributed by atoms with E-state index in [1.165, 1.54) is 23.5 Å². The van der Waals surface area contributed by atoms with E-state index in [0.29, 0.717) is 0 Å². The largest absolute Gasteiger partial charge is 0.207 e. The molecular weight excluding hydrogens is 171 g/mol. The second kappa shape index (κ2) is 3.07. The van der Waals surface area contributed by atoms with Crippen molar-refractivity contribution in [2.75, 3.05) is 0 Å². The molecular formula is C10H6FS. The normalized spacial score (nSPS) is 10.1. The molecule has 0 N–H and O–H groups in total. The predicted octanol–water partition coefficient (Wildman–Crippen LogP) is 3.35. The molecule has 0 saturated heterocycles. The van der Waals surface area contributed by atoms with Crippen molar-refractivity contribution in [3.05, 3.63) is 46.9 Å². The van der Waals surface area contributed by atoms with Crippen LogP contribution in [0.2, 0.25) is 0 Å². The zero-order valence-electron chi connectivity index (χ0n) is 6.25. The van der Waals surface area contributed by atoms with Gasteiger partial charge in [-0.15, -0.1) is 11.3 Å². The van der Waals surface area contributed by atoms with Gasteiger partial charge in [0, 0.05) is 5.38 Å². The highest BCUT2D eigenvalue weighted by molar-refractivity contribution is 7.07. The van der Waals surface area contributed by atoms with Gasteiger partial charge in [0.2, 0.25) is 0 Å². The van der Waals surface area contributed by atoms with Gasteiger partial charge in [0.15, 0.2) is 0 Å². The number of hydrogen-bond acceptors (Lipinski definition) is 1. The maximum Gasteiger partial charge on any atom is 0.123 e. The van der Waals surface area contributed by atoms with Crippen LogP contribution in [0.3, 0.4) is 0 Å². The van der Waals surface area contributed by atoms with Crippen LogP contribution in [0.4, 0.5) is 4.39 Å². The maximum atomic E-state index is 12.8. The summed E-state index contributed by atoms with van der Waals surface area (Å²) in [6.45, 7) is 0. The van der Waals surface area contributed by atoms with Crippen LogP contribution in [-0.4, -0.2) is 0 Å². The van der Waals surface area contributed by atoms with E-state index in [1.807, 2.05) is 17.5 Å². The lowest BCUT2D eigenvalue weighted by atomic mass is 10.1. The molecule has 12 heavy (non-hydrogen) atoms. The molecule has 0 unspecified atom stereocenters. The Morgan fingerprint density at radius 2 is 2.17 bits per heavy atom. The van der Waals surface area contributed by atoms with Crippen molar-refractivity contribution in [2.45, 2.75) is 0 Å². The van der Waals surface area contributed by atoms with Gasteiger partial charge in [-0.1, -0.05) is 12.1 Å². The van der Waals surface area contributed by atoms with E-state index in [1.54, 1.807) is 6.07 Å². The van der Waals surface area contributed by atoms with Crippen LogP contribution >= 0.6 is 11.3 Å². The van der Waals surface area contributed by atoms with E-state index in [9.17, 15) is 4.39 Å². The molecule has 1 aromatic carbocycles. The van der Waals surface area contributed by atoms with Crippen LogP contribution in [0.25, 0.3) is 11.1 Å². The molecule has 0 amide bonds. The fourth-order valence-electron chi connectivity index (χ4n) is 1.05. The summed E-state index contributed by atoms with van der Waals surface area (Å²) >= 11 is 1.49. The Labute approximate surface area is 74.3 Å². The minimum Gasteiger partial charge on any atom is -0.207 e. The standard InChI is InChI=1S/C10H6FS/c11-10-3-1-2-8(6-10)9-4-5-12-7-9/h1-4,6-7H. The fraction of sp³-hybridized carbons (Fsp3) is 0. The topological polar surface area (TPSA) is 0 Å². The van der Waals surface area contributed by atoms with E-state index in [0.717, 1.165) is 11.1 Å². The van der Waals surface area contributed by atoms with Gasteiger partial charge >= 0.3 is 0 Å². The molecule has 2 aromatic rings. The summed E-state index contributed by atoms with van der Waals surface area (Å²) in [5.41, 5.74) is 1.94. The Hall–Kier alpha value is -1.15. The van der Waals surface area contributed by atoms with Crippen molar-refractivity contribution in [1.29, 1.82) is 0 Å². The Morgan fingerprint density at radius 1 is 1.25 bits per heavy atom. The van der Waals surface area contributed by atoms with Gasteiger partial charge in [0.05, 0.1) is 0 Å². The summed E-state index contributed by atoms with van der Waals surface area (Å²) in [6.07, 6.45) is 0. The third-order valence-corrected chi connectivity index (χ3v) is 2.25. The van der Waals surface area contributed by atoms with E-state index in [2.05, 4.69) is 5.38 Å². The summed E-state index contributed by atoms with van der Waals surface area (Å²) in [5.74, 6) is -0.196. The van der Waals surface area contributed by atoms with E-state index < -0.39 is 0 Å². The number of rotatable bonds is 1. The number of halogens is 1. The van der Waals surface area contributed by atoms with Gasteiger partial charge < -0.3 is 0 Å². The third-order valence-electron chi connectivity index (χ3n) is 1.63. The zero-order chi connectivity index (χ0) is 8.39. The minimum atomic E-state index is -0.196. The van der Waals surface area contributed by atoms with Crippen LogP contribution in [0.15, 0.2) is 35.7 Å². The lowest BCUT2D eigenvalue weighted by Crippen LogP contribution is -1.75. The zero-order valence-corrected chi connectivity index (χ0v) is 7.07. The molecule has 1 aromatic heterocycles. The second-order valence-corrected chi connectivity index (χ2v) is 3.17. The summed E-state index contributed by atoms with van der Waals surface area (Å²) in [4.78, 5) is 0. The van der Waals surface area contributed by atoms with E-state index >= 15 is 0 Å². The van der Waals surface area contributed by atoms with Crippen molar-refractivity contribution in [1.82, 2.24) is 0 Å². The van der Waals surface area contributed by atoms with Crippen molar-refractivity contribution < 1.29 is 4.39 Å². The fourth-order valence-corrected chi connectivity index (χ4v) is 1.64. The lowest BCUT2D eigenvalue weighted by Gasteiger charge is -1.95. The lowest BCUT2D eigenvalue weighted by molar-refractivity contribution is 0.628. The number of hydrogen-bond donors (Lipinski definition) is 0. The van der Waals surface area contributed by atoms with E-state index in [4.69, 9.17) is 0 Å². The first kappa shape index (κ1) is 7.50. The monoisotopic (exact) mass is 177 g/mol. The molecule has 2 rings (SSSR count). The number of benzene rings is 1.